The average Bonchev–Trinajstić information content (AvgIpc) is 2.15. The molecule has 0 saturated heterocycles. The second-order valence-electron chi connectivity index (χ2n) is 3.64. The lowest BCUT2D eigenvalue weighted by atomic mass is 10.1. The molecule has 2 rings (SSSR count). The van der Waals surface area contributed by atoms with Crippen LogP contribution in [0.5, 0.6) is 0 Å². The van der Waals surface area contributed by atoms with E-state index in [1.54, 1.807) is 12.1 Å². The number of nitrogens with one attached hydrogen (secondary N) is 1. The fourth-order valence-corrected chi connectivity index (χ4v) is 2.02. The third-order valence-corrected chi connectivity index (χ3v) is 2.94. The molecule has 6 heteroatoms. The molecule has 0 radical (unpaired) electrons. The SMILES string of the molecule is CC(C)c1ccc2c(n1)N=CS(=O)(=O)N2. The van der Waals surface area contributed by atoms with Gasteiger partial charge in [-0.3, -0.25) is 4.72 Å². The van der Waals surface area contributed by atoms with Crippen molar-refractivity contribution in [1.29, 1.82) is 0 Å². The number of fused-ring (bicyclic) bond motifs is 1. The minimum absolute atomic E-state index is 0.295. The number of aliphatic imine (C=N–C) groups is 1. The van der Waals surface area contributed by atoms with E-state index in [-0.39, 0.29) is 0 Å². The molecule has 5 nitrogen and oxygen atoms in total. The van der Waals surface area contributed by atoms with Gasteiger partial charge < -0.3 is 0 Å². The van der Waals surface area contributed by atoms with E-state index in [1.165, 1.54) is 0 Å². The molecule has 0 aromatic carbocycles. The van der Waals surface area contributed by atoms with Crippen molar-refractivity contribution in [1.82, 2.24) is 4.98 Å². The number of anilines is 1. The van der Waals surface area contributed by atoms with Gasteiger partial charge in [0.15, 0.2) is 5.82 Å². The van der Waals surface area contributed by atoms with Crippen molar-refractivity contribution in [3.05, 3.63) is 17.8 Å². The molecule has 1 aromatic rings. The highest BCUT2D eigenvalue weighted by Crippen LogP contribution is 2.28. The monoisotopic (exact) mass is 225 g/mol. The largest absolute Gasteiger partial charge is 0.275 e. The van der Waals surface area contributed by atoms with Crippen LogP contribution in [0.2, 0.25) is 0 Å². The lowest BCUT2D eigenvalue weighted by Crippen LogP contribution is -2.17. The summed E-state index contributed by atoms with van der Waals surface area (Å²) in [6.07, 6.45) is 0. The molecule has 80 valence electrons. The van der Waals surface area contributed by atoms with Gasteiger partial charge in [-0.15, -0.1) is 0 Å². The maximum absolute atomic E-state index is 11.1. The van der Waals surface area contributed by atoms with Gasteiger partial charge in [-0.25, -0.2) is 18.4 Å². The third kappa shape index (κ3) is 1.99. The summed E-state index contributed by atoms with van der Waals surface area (Å²) in [4.78, 5) is 8.06. The molecule has 1 N–H and O–H groups in total. The predicted molar refractivity (Wildman–Crippen MR) is 59.0 cm³/mol. The Labute approximate surface area is 88.3 Å². The van der Waals surface area contributed by atoms with Crippen LogP contribution in [0, 0.1) is 0 Å². The van der Waals surface area contributed by atoms with E-state index in [1.807, 2.05) is 13.8 Å². The average molecular weight is 225 g/mol. The standard InChI is InChI=1S/C9H11N3O2S/c1-6(2)7-3-4-8-9(11-7)10-5-15(13,14)12-8/h3-6,12H,1-2H3. The predicted octanol–water partition coefficient (Wildman–Crippen LogP) is 1.62. The van der Waals surface area contributed by atoms with Crippen LogP contribution in [-0.2, 0) is 10.0 Å². The summed E-state index contributed by atoms with van der Waals surface area (Å²) in [5.74, 6) is 0.722. The van der Waals surface area contributed by atoms with Gasteiger partial charge >= 0.3 is 0 Å². The third-order valence-electron chi connectivity index (χ3n) is 2.05. The molecular formula is C9H11N3O2S. The first-order valence-corrected chi connectivity index (χ1v) is 6.10. The van der Waals surface area contributed by atoms with Gasteiger partial charge in [0.2, 0.25) is 0 Å². The zero-order valence-electron chi connectivity index (χ0n) is 8.43. The summed E-state index contributed by atoms with van der Waals surface area (Å²) in [6, 6.07) is 3.48. The van der Waals surface area contributed by atoms with Crippen molar-refractivity contribution < 1.29 is 8.42 Å². The minimum atomic E-state index is -3.41. The molecule has 1 aliphatic heterocycles. The van der Waals surface area contributed by atoms with E-state index in [9.17, 15) is 8.42 Å². The zero-order chi connectivity index (χ0) is 11.1. The normalized spacial score (nSPS) is 17.3. The Morgan fingerprint density at radius 1 is 1.33 bits per heavy atom. The van der Waals surface area contributed by atoms with Gasteiger partial charge in [0.1, 0.15) is 5.55 Å². The molecule has 0 atom stereocenters. The van der Waals surface area contributed by atoms with E-state index in [0.717, 1.165) is 11.2 Å². The first-order valence-electron chi connectivity index (χ1n) is 4.56. The second-order valence-corrected chi connectivity index (χ2v) is 5.15. The van der Waals surface area contributed by atoms with Crippen LogP contribution >= 0.6 is 0 Å². The summed E-state index contributed by atoms with van der Waals surface area (Å²) < 4.78 is 24.7. The van der Waals surface area contributed by atoms with E-state index in [0.29, 0.717) is 17.4 Å². The van der Waals surface area contributed by atoms with Gasteiger partial charge in [0.05, 0.1) is 5.69 Å². The van der Waals surface area contributed by atoms with Crippen molar-refractivity contribution in [2.24, 2.45) is 4.99 Å². The number of rotatable bonds is 1. The molecule has 0 spiro atoms. The molecule has 2 heterocycles. The van der Waals surface area contributed by atoms with E-state index in [2.05, 4.69) is 14.7 Å². The molecule has 1 aliphatic rings. The number of sulfonamides is 1. The Morgan fingerprint density at radius 2 is 2.07 bits per heavy atom. The molecule has 0 amide bonds. The highest BCUT2D eigenvalue weighted by molar-refractivity contribution is 8.05. The Balaban J connectivity index is 2.49. The van der Waals surface area contributed by atoms with Gasteiger partial charge in [-0.1, -0.05) is 13.8 Å². The van der Waals surface area contributed by atoms with Crippen molar-refractivity contribution >= 4 is 27.1 Å². The van der Waals surface area contributed by atoms with Crippen LogP contribution in [0.4, 0.5) is 11.5 Å². The highest BCUT2D eigenvalue weighted by Gasteiger charge is 2.17. The zero-order valence-corrected chi connectivity index (χ0v) is 9.25. The first kappa shape index (κ1) is 10.1. The van der Waals surface area contributed by atoms with Crippen molar-refractivity contribution in [2.45, 2.75) is 19.8 Å². The number of nitrogens with zero attached hydrogens (tertiary/aromatic N) is 2. The molecule has 0 bridgehead atoms. The summed E-state index contributed by atoms with van der Waals surface area (Å²) in [5.41, 5.74) is 2.21. The lowest BCUT2D eigenvalue weighted by molar-refractivity contribution is 0.612. The smallest absolute Gasteiger partial charge is 0.272 e. The Bertz CT molecular complexity index is 520. The van der Waals surface area contributed by atoms with Crippen molar-refractivity contribution in [3.8, 4) is 0 Å². The van der Waals surface area contributed by atoms with E-state index >= 15 is 0 Å². The molecule has 1 aromatic heterocycles. The van der Waals surface area contributed by atoms with Crippen LogP contribution in [0.25, 0.3) is 0 Å². The fourth-order valence-electron chi connectivity index (χ4n) is 1.26. The van der Waals surface area contributed by atoms with Crippen molar-refractivity contribution in [3.63, 3.8) is 0 Å². The molecule has 0 unspecified atom stereocenters. The van der Waals surface area contributed by atoms with E-state index in [4.69, 9.17) is 0 Å². The number of aromatic nitrogens is 1. The van der Waals surface area contributed by atoms with Crippen LogP contribution in [0.15, 0.2) is 17.1 Å². The molecule has 0 aliphatic carbocycles. The van der Waals surface area contributed by atoms with Crippen LogP contribution in [-0.4, -0.2) is 18.9 Å². The van der Waals surface area contributed by atoms with Crippen LogP contribution in [0.3, 0.4) is 0 Å². The lowest BCUT2D eigenvalue weighted by Gasteiger charge is -2.13. The maximum atomic E-state index is 11.1. The highest BCUT2D eigenvalue weighted by atomic mass is 32.2. The molecule has 0 fully saturated rings. The van der Waals surface area contributed by atoms with Gasteiger partial charge in [0.25, 0.3) is 10.0 Å². The fraction of sp³-hybridized carbons (Fsp3) is 0.333. The Kier molecular flexibility index (Phi) is 2.22. The number of hydrogen-bond acceptors (Lipinski definition) is 4. The maximum Gasteiger partial charge on any atom is 0.272 e. The van der Waals surface area contributed by atoms with Gasteiger partial charge in [-0.05, 0) is 18.1 Å². The quantitative estimate of drug-likeness (QED) is 0.789. The first-order chi connectivity index (χ1) is 6.98. The van der Waals surface area contributed by atoms with Gasteiger partial charge in [-0.2, -0.15) is 0 Å². The summed E-state index contributed by atoms with van der Waals surface area (Å²) in [5, 5.41) is 0. The molecular weight excluding hydrogens is 214 g/mol. The van der Waals surface area contributed by atoms with Crippen LogP contribution < -0.4 is 4.72 Å². The molecule has 0 saturated carbocycles. The minimum Gasteiger partial charge on any atom is -0.275 e. The topological polar surface area (TPSA) is 71.4 Å². The number of pyridine rings is 1. The summed E-state index contributed by atoms with van der Waals surface area (Å²) in [6.45, 7) is 4.04. The van der Waals surface area contributed by atoms with Crippen molar-refractivity contribution in [2.75, 3.05) is 4.72 Å². The number of hydrogen-bond donors (Lipinski definition) is 1. The molecule has 15 heavy (non-hydrogen) atoms. The Hall–Kier alpha value is -1.43. The summed E-state index contributed by atoms with van der Waals surface area (Å²) in [7, 11) is -3.41. The van der Waals surface area contributed by atoms with Gasteiger partial charge in [0, 0.05) is 5.69 Å². The Morgan fingerprint density at radius 3 is 2.73 bits per heavy atom. The second kappa shape index (κ2) is 3.30. The van der Waals surface area contributed by atoms with Crippen LogP contribution in [0.1, 0.15) is 25.5 Å². The van der Waals surface area contributed by atoms with E-state index < -0.39 is 10.0 Å². The summed E-state index contributed by atoms with van der Waals surface area (Å²) >= 11 is 0.